The molecule has 1 N–H and O–H groups in total. The number of rotatable bonds is 2. The van der Waals surface area contributed by atoms with Crippen molar-refractivity contribution in [2.24, 2.45) is 5.41 Å². The minimum atomic E-state index is 0.740. The zero-order valence-corrected chi connectivity index (χ0v) is 9.71. The SMILES string of the molecule is CNC1CC2(CCN(CP)CC2)C1. The fraction of sp³-hybridized carbons (Fsp3) is 1.00. The number of nitrogens with zero attached hydrogens (tertiary/aromatic N) is 1. The summed E-state index contributed by atoms with van der Waals surface area (Å²) in [6.45, 7) is 2.64. The average molecular weight is 200 g/mol. The van der Waals surface area contributed by atoms with E-state index in [9.17, 15) is 0 Å². The van der Waals surface area contributed by atoms with E-state index in [4.69, 9.17) is 0 Å². The van der Waals surface area contributed by atoms with E-state index in [1.54, 1.807) is 0 Å². The van der Waals surface area contributed by atoms with Gasteiger partial charge in [-0.25, -0.2) is 0 Å². The van der Waals surface area contributed by atoms with Gasteiger partial charge in [-0.1, -0.05) is 0 Å². The van der Waals surface area contributed by atoms with Crippen LogP contribution in [0.3, 0.4) is 0 Å². The van der Waals surface area contributed by atoms with E-state index < -0.39 is 0 Å². The van der Waals surface area contributed by atoms with Gasteiger partial charge >= 0.3 is 0 Å². The zero-order chi connectivity index (χ0) is 9.31. The molecule has 76 valence electrons. The van der Waals surface area contributed by atoms with Crippen molar-refractivity contribution in [3.63, 3.8) is 0 Å². The summed E-state index contributed by atoms with van der Waals surface area (Å²) in [6.07, 6.45) is 6.87. The van der Waals surface area contributed by atoms with E-state index in [0.29, 0.717) is 0 Å². The Labute approximate surface area is 83.7 Å². The van der Waals surface area contributed by atoms with Crippen molar-refractivity contribution < 1.29 is 0 Å². The number of likely N-dealkylation sites (tertiary alicyclic amines) is 1. The molecule has 0 aromatic carbocycles. The molecule has 0 bridgehead atoms. The highest BCUT2D eigenvalue weighted by molar-refractivity contribution is 7.16. The van der Waals surface area contributed by atoms with Gasteiger partial charge in [0.25, 0.3) is 0 Å². The standard InChI is InChI=1S/C10H21N2P/c1-11-9-6-10(7-9)2-4-12(8-13)5-3-10/h9,11H,2-8,13H2,1H3. The molecule has 2 aliphatic rings. The molecule has 2 nitrogen and oxygen atoms in total. The van der Waals surface area contributed by atoms with Crippen molar-refractivity contribution in [2.45, 2.75) is 31.7 Å². The number of nitrogens with one attached hydrogen (secondary N) is 1. The lowest BCUT2D eigenvalue weighted by atomic mass is 9.60. The molecule has 0 aromatic rings. The summed E-state index contributed by atoms with van der Waals surface area (Å²) in [5.41, 5.74) is 0.740. The van der Waals surface area contributed by atoms with Crippen LogP contribution in [0.5, 0.6) is 0 Å². The molecule has 3 heteroatoms. The molecule has 13 heavy (non-hydrogen) atoms. The summed E-state index contributed by atoms with van der Waals surface area (Å²) in [4.78, 5) is 2.54. The first-order chi connectivity index (χ1) is 6.28. The molecule has 1 heterocycles. The Morgan fingerprint density at radius 3 is 2.46 bits per heavy atom. The second-order valence-electron chi connectivity index (χ2n) is 4.69. The third-order valence-corrected chi connectivity index (χ3v) is 4.46. The van der Waals surface area contributed by atoms with Crippen LogP contribution >= 0.6 is 9.24 Å². The molecule has 1 spiro atoms. The molecule has 1 unspecified atom stereocenters. The Balaban J connectivity index is 1.79. The zero-order valence-electron chi connectivity index (χ0n) is 8.55. The lowest BCUT2D eigenvalue weighted by Gasteiger charge is -2.52. The maximum Gasteiger partial charge on any atom is 0.0126 e. The van der Waals surface area contributed by atoms with Gasteiger partial charge in [0.05, 0.1) is 0 Å². The topological polar surface area (TPSA) is 15.3 Å². The third-order valence-electron chi connectivity index (χ3n) is 3.94. The van der Waals surface area contributed by atoms with Crippen LogP contribution in [0.2, 0.25) is 0 Å². The number of piperidine rings is 1. The molecule has 1 saturated carbocycles. The van der Waals surface area contributed by atoms with Crippen molar-refractivity contribution in [1.29, 1.82) is 0 Å². The molecule has 1 atom stereocenters. The van der Waals surface area contributed by atoms with Gasteiger partial charge in [-0.3, -0.25) is 4.90 Å². The van der Waals surface area contributed by atoms with E-state index in [1.807, 2.05) is 0 Å². The molecule has 1 saturated heterocycles. The summed E-state index contributed by atoms with van der Waals surface area (Å²) >= 11 is 0. The number of hydrogen-bond acceptors (Lipinski definition) is 2. The normalized spacial score (nSPS) is 29.1. The van der Waals surface area contributed by atoms with E-state index in [0.717, 1.165) is 17.7 Å². The smallest absolute Gasteiger partial charge is 0.0126 e. The third kappa shape index (κ3) is 1.91. The molecule has 1 aliphatic carbocycles. The van der Waals surface area contributed by atoms with Gasteiger partial charge in [0.1, 0.15) is 0 Å². The van der Waals surface area contributed by atoms with E-state index in [1.165, 1.54) is 38.8 Å². The second-order valence-corrected chi connectivity index (χ2v) is 5.06. The lowest BCUT2D eigenvalue weighted by Crippen LogP contribution is -2.52. The van der Waals surface area contributed by atoms with Gasteiger partial charge in [0.15, 0.2) is 0 Å². The van der Waals surface area contributed by atoms with E-state index in [-0.39, 0.29) is 0 Å². The van der Waals surface area contributed by atoms with Crippen LogP contribution in [-0.2, 0) is 0 Å². The highest BCUT2D eigenvalue weighted by Crippen LogP contribution is 2.48. The van der Waals surface area contributed by atoms with E-state index in [2.05, 4.69) is 26.5 Å². The lowest BCUT2D eigenvalue weighted by molar-refractivity contribution is 0.0142. The molecule has 0 radical (unpaired) electrons. The van der Waals surface area contributed by atoms with Crippen molar-refractivity contribution in [3.05, 3.63) is 0 Å². The Kier molecular flexibility index (Phi) is 2.92. The summed E-state index contributed by atoms with van der Waals surface area (Å²) in [7, 11) is 4.92. The van der Waals surface area contributed by atoms with Crippen LogP contribution in [0.4, 0.5) is 0 Å². The molecule has 2 fully saturated rings. The maximum absolute atomic E-state index is 3.38. The number of hydrogen-bond donors (Lipinski definition) is 1. The first-order valence-corrected chi connectivity index (χ1v) is 6.19. The fourth-order valence-corrected chi connectivity index (χ4v) is 3.17. The van der Waals surface area contributed by atoms with Gasteiger partial charge in [0, 0.05) is 12.3 Å². The molecule has 2 rings (SSSR count). The minimum Gasteiger partial charge on any atom is -0.317 e. The summed E-state index contributed by atoms with van der Waals surface area (Å²) in [6, 6.07) is 0.822. The quantitative estimate of drug-likeness (QED) is 0.676. The average Bonchev–Trinajstić information content (AvgIpc) is 2.14. The van der Waals surface area contributed by atoms with Gasteiger partial charge < -0.3 is 5.32 Å². The van der Waals surface area contributed by atoms with Crippen LogP contribution < -0.4 is 5.32 Å². The Morgan fingerprint density at radius 1 is 1.38 bits per heavy atom. The van der Waals surface area contributed by atoms with Crippen LogP contribution in [0.25, 0.3) is 0 Å². The first-order valence-electron chi connectivity index (χ1n) is 5.38. The Morgan fingerprint density at radius 2 is 2.00 bits per heavy atom. The van der Waals surface area contributed by atoms with Crippen LogP contribution in [0.15, 0.2) is 0 Å². The van der Waals surface area contributed by atoms with Crippen LogP contribution in [-0.4, -0.2) is 37.4 Å². The molecular formula is C10H21N2P. The second kappa shape index (κ2) is 3.84. The Hall–Kier alpha value is 0.350. The van der Waals surface area contributed by atoms with Gasteiger partial charge in [-0.2, -0.15) is 0 Å². The van der Waals surface area contributed by atoms with Gasteiger partial charge in [-0.15, -0.1) is 9.24 Å². The summed E-state index contributed by atoms with van der Waals surface area (Å²) < 4.78 is 0. The molecule has 0 amide bonds. The summed E-state index contributed by atoms with van der Waals surface area (Å²) in [5.74, 6) is 0. The van der Waals surface area contributed by atoms with Crippen molar-refractivity contribution >= 4 is 9.24 Å². The molecule has 1 aliphatic heterocycles. The summed E-state index contributed by atoms with van der Waals surface area (Å²) in [5, 5.41) is 3.38. The molecule has 0 aromatic heterocycles. The highest BCUT2D eigenvalue weighted by atomic mass is 31.0. The predicted molar refractivity (Wildman–Crippen MR) is 59.9 cm³/mol. The van der Waals surface area contributed by atoms with Crippen LogP contribution in [0.1, 0.15) is 25.7 Å². The van der Waals surface area contributed by atoms with Gasteiger partial charge in [0.2, 0.25) is 0 Å². The van der Waals surface area contributed by atoms with Gasteiger partial charge in [-0.05, 0) is 51.2 Å². The monoisotopic (exact) mass is 200 g/mol. The maximum atomic E-state index is 3.38. The highest BCUT2D eigenvalue weighted by Gasteiger charge is 2.44. The Bertz CT molecular complexity index is 168. The van der Waals surface area contributed by atoms with Crippen molar-refractivity contribution in [2.75, 3.05) is 26.4 Å². The predicted octanol–water partition coefficient (Wildman–Crippen LogP) is 1.28. The minimum absolute atomic E-state index is 0.740. The van der Waals surface area contributed by atoms with Crippen LogP contribution in [0, 0.1) is 5.41 Å². The van der Waals surface area contributed by atoms with Crippen molar-refractivity contribution in [1.82, 2.24) is 10.2 Å². The largest absolute Gasteiger partial charge is 0.317 e. The molecular weight excluding hydrogens is 179 g/mol. The first kappa shape index (κ1) is 9.89. The van der Waals surface area contributed by atoms with E-state index >= 15 is 0 Å². The fourth-order valence-electron chi connectivity index (χ4n) is 2.81. The van der Waals surface area contributed by atoms with Crippen molar-refractivity contribution in [3.8, 4) is 0 Å².